The van der Waals surface area contributed by atoms with E-state index in [2.05, 4.69) is 0 Å². The lowest BCUT2D eigenvalue weighted by Crippen LogP contribution is -3.09. The third kappa shape index (κ3) is 3.33. The number of hydrogen-bond donors (Lipinski definition) is 2. The lowest BCUT2D eigenvalue weighted by Gasteiger charge is -2.29. The minimum absolute atomic E-state index is 0.155. The lowest BCUT2D eigenvalue weighted by atomic mass is 9.98. The summed E-state index contributed by atoms with van der Waals surface area (Å²) >= 11 is 0. The minimum atomic E-state index is -4.41. The van der Waals surface area contributed by atoms with Gasteiger partial charge in [0.05, 0.1) is 24.6 Å². The third-order valence-corrected chi connectivity index (χ3v) is 4.59. The molecule has 0 radical (unpaired) electrons. The first-order valence-corrected chi connectivity index (χ1v) is 7.85. The fraction of sp³-hybridized carbons (Fsp3) is 0.538. The number of aryl methyl sites for hydroxylation is 1. The molecule has 0 aliphatic carbocycles. The van der Waals surface area contributed by atoms with Crippen molar-refractivity contribution in [3.8, 4) is 0 Å². The molecule has 2 N–H and O–H groups in total. The third-order valence-electron chi connectivity index (χ3n) is 3.76. The van der Waals surface area contributed by atoms with Crippen LogP contribution in [0.5, 0.6) is 0 Å². The van der Waals surface area contributed by atoms with Gasteiger partial charge in [-0.2, -0.15) is 0 Å². The van der Waals surface area contributed by atoms with Crippen LogP contribution in [0, 0.1) is 12.8 Å². The molecule has 1 aromatic rings. The summed E-state index contributed by atoms with van der Waals surface area (Å²) in [7, 11) is -4.41. The van der Waals surface area contributed by atoms with Gasteiger partial charge in [-0.05, 0) is 25.8 Å². The van der Waals surface area contributed by atoms with Crippen molar-refractivity contribution < 1.29 is 23.0 Å². The summed E-state index contributed by atoms with van der Waals surface area (Å²) in [5, 5.41) is 9.25. The van der Waals surface area contributed by atoms with Crippen LogP contribution in [-0.2, 0) is 10.1 Å². The first-order chi connectivity index (χ1) is 8.91. The first kappa shape index (κ1) is 14.5. The first-order valence-electron chi connectivity index (χ1n) is 6.44. The molecule has 1 saturated heterocycles. The molecule has 1 fully saturated rings. The number of quaternary nitrogens is 1. The van der Waals surface area contributed by atoms with Crippen LogP contribution in [0.2, 0.25) is 0 Å². The van der Waals surface area contributed by atoms with Crippen LogP contribution in [0.4, 0.5) is 5.69 Å². The molecule has 1 aromatic carbocycles. The van der Waals surface area contributed by atoms with Crippen molar-refractivity contribution in [2.45, 2.75) is 24.7 Å². The number of benzene rings is 1. The fourth-order valence-electron chi connectivity index (χ4n) is 2.69. The highest BCUT2D eigenvalue weighted by Crippen LogP contribution is 2.18. The van der Waals surface area contributed by atoms with Crippen molar-refractivity contribution in [3.05, 3.63) is 23.8 Å². The molecule has 2 unspecified atom stereocenters. The Morgan fingerprint density at radius 1 is 1.47 bits per heavy atom. The van der Waals surface area contributed by atoms with Gasteiger partial charge in [0.25, 0.3) is 0 Å². The van der Waals surface area contributed by atoms with Crippen LogP contribution in [-0.4, -0.2) is 37.8 Å². The van der Waals surface area contributed by atoms with E-state index in [-0.39, 0.29) is 17.4 Å². The van der Waals surface area contributed by atoms with E-state index in [1.807, 2.05) is 6.92 Å². The largest absolute Gasteiger partial charge is 0.744 e. The number of piperidine rings is 1. The standard InChI is InChI=1S/C13H19NO4S/c1-10-4-5-12(19(16,17)18)7-13(10)14-6-2-3-11(8-14)9-15/h4-5,7,11,15H,2-3,6,8-9H2,1H3,(H,16,17,18). The van der Waals surface area contributed by atoms with Crippen LogP contribution < -0.4 is 4.90 Å². The molecule has 5 nitrogen and oxygen atoms in total. The van der Waals surface area contributed by atoms with Crippen LogP contribution in [0.25, 0.3) is 0 Å². The zero-order valence-corrected chi connectivity index (χ0v) is 11.7. The van der Waals surface area contributed by atoms with Crippen molar-refractivity contribution in [2.75, 3.05) is 19.7 Å². The van der Waals surface area contributed by atoms with Crippen LogP contribution in [0.1, 0.15) is 18.4 Å². The normalized spacial score (nSPS) is 24.4. The average Bonchev–Trinajstić information content (AvgIpc) is 2.38. The summed E-state index contributed by atoms with van der Waals surface area (Å²) in [4.78, 5) is 0.972. The smallest absolute Gasteiger partial charge is 0.135 e. The van der Waals surface area contributed by atoms with Crippen molar-refractivity contribution in [2.24, 2.45) is 5.92 Å². The molecule has 1 heterocycles. The Kier molecular flexibility index (Phi) is 4.25. The summed E-state index contributed by atoms with van der Waals surface area (Å²) in [6, 6.07) is 4.51. The molecule has 2 atom stereocenters. The van der Waals surface area contributed by atoms with E-state index in [0.29, 0.717) is 0 Å². The summed E-state index contributed by atoms with van der Waals surface area (Å²) in [6.45, 7) is 3.74. The maximum absolute atomic E-state index is 11.1. The topological polar surface area (TPSA) is 81.9 Å². The predicted octanol–water partition coefficient (Wildman–Crippen LogP) is -0.182. The van der Waals surface area contributed by atoms with E-state index in [1.54, 1.807) is 6.07 Å². The molecular weight excluding hydrogens is 266 g/mol. The van der Waals surface area contributed by atoms with Gasteiger partial charge in [0, 0.05) is 17.5 Å². The molecule has 1 aliphatic heterocycles. The number of hydrogen-bond acceptors (Lipinski definition) is 4. The molecule has 19 heavy (non-hydrogen) atoms. The van der Waals surface area contributed by atoms with E-state index in [9.17, 15) is 18.1 Å². The second kappa shape index (κ2) is 5.58. The molecule has 0 aromatic heterocycles. The van der Waals surface area contributed by atoms with Gasteiger partial charge in [0.15, 0.2) is 0 Å². The SMILES string of the molecule is Cc1ccc(S(=O)(=O)[O-])cc1[NH+]1CCCC(CO)C1. The Morgan fingerprint density at radius 2 is 2.21 bits per heavy atom. The summed E-state index contributed by atoms with van der Waals surface area (Å²) in [5.74, 6) is 0.246. The minimum Gasteiger partial charge on any atom is -0.744 e. The molecule has 0 amide bonds. The number of aliphatic hydroxyl groups excluding tert-OH is 1. The Bertz CT molecular complexity index is 556. The van der Waals surface area contributed by atoms with Gasteiger partial charge >= 0.3 is 0 Å². The van der Waals surface area contributed by atoms with Crippen molar-refractivity contribution >= 4 is 15.8 Å². The number of rotatable bonds is 3. The molecule has 2 rings (SSSR count). The predicted molar refractivity (Wildman–Crippen MR) is 69.3 cm³/mol. The van der Waals surface area contributed by atoms with E-state index in [1.165, 1.54) is 12.1 Å². The monoisotopic (exact) mass is 285 g/mol. The maximum atomic E-state index is 11.1. The van der Waals surface area contributed by atoms with Gasteiger partial charge < -0.3 is 14.6 Å². The second-order valence-electron chi connectivity index (χ2n) is 5.18. The van der Waals surface area contributed by atoms with E-state index in [4.69, 9.17) is 0 Å². The summed E-state index contributed by atoms with van der Waals surface area (Å²) in [6.07, 6.45) is 1.99. The van der Waals surface area contributed by atoms with Gasteiger partial charge in [0.2, 0.25) is 0 Å². The van der Waals surface area contributed by atoms with Crippen LogP contribution in [0.3, 0.4) is 0 Å². The highest BCUT2D eigenvalue weighted by molar-refractivity contribution is 7.85. The van der Waals surface area contributed by atoms with Gasteiger partial charge in [-0.3, -0.25) is 0 Å². The highest BCUT2D eigenvalue weighted by Gasteiger charge is 2.25. The maximum Gasteiger partial charge on any atom is 0.135 e. The molecule has 106 valence electrons. The Balaban J connectivity index is 2.33. The number of nitrogens with one attached hydrogen (secondary N) is 1. The Labute approximate surface area is 113 Å². The van der Waals surface area contributed by atoms with Gasteiger partial charge in [0.1, 0.15) is 15.8 Å². The molecule has 0 spiro atoms. The molecule has 0 bridgehead atoms. The van der Waals surface area contributed by atoms with E-state index < -0.39 is 10.1 Å². The van der Waals surface area contributed by atoms with Crippen molar-refractivity contribution in [1.82, 2.24) is 0 Å². The molecule has 6 heteroatoms. The Hall–Kier alpha value is -0.950. The Morgan fingerprint density at radius 3 is 2.84 bits per heavy atom. The number of aliphatic hydroxyl groups is 1. The zero-order valence-electron chi connectivity index (χ0n) is 10.9. The van der Waals surface area contributed by atoms with Crippen molar-refractivity contribution in [3.63, 3.8) is 0 Å². The highest BCUT2D eigenvalue weighted by atomic mass is 32.2. The average molecular weight is 285 g/mol. The second-order valence-corrected chi connectivity index (χ2v) is 6.56. The van der Waals surface area contributed by atoms with E-state index >= 15 is 0 Å². The summed E-state index contributed by atoms with van der Waals surface area (Å²) < 4.78 is 33.3. The van der Waals surface area contributed by atoms with E-state index in [0.717, 1.165) is 42.1 Å². The van der Waals surface area contributed by atoms with Gasteiger partial charge in [-0.25, -0.2) is 8.42 Å². The van der Waals surface area contributed by atoms with Crippen molar-refractivity contribution in [1.29, 1.82) is 0 Å². The van der Waals surface area contributed by atoms with Gasteiger partial charge in [-0.15, -0.1) is 0 Å². The summed E-state index contributed by atoms with van der Waals surface area (Å²) in [5.41, 5.74) is 1.83. The molecular formula is C13H19NO4S. The quantitative estimate of drug-likeness (QED) is 0.755. The van der Waals surface area contributed by atoms with Crippen LogP contribution >= 0.6 is 0 Å². The lowest BCUT2D eigenvalue weighted by molar-refractivity contribution is -0.843. The van der Waals surface area contributed by atoms with Crippen LogP contribution in [0.15, 0.2) is 23.1 Å². The zero-order chi connectivity index (χ0) is 14.0. The fourth-order valence-corrected chi connectivity index (χ4v) is 3.19. The molecule has 0 saturated carbocycles. The molecule has 1 aliphatic rings. The van der Waals surface area contributed by atoms with Gasteiger partial charge in [-0.1, -0.05) is 6.07 Å².